The number of hydroxylamine groups is 2. The molecule has 0 spiro atoms. The van der Waals surface area contributed by atoms with E-state index in [1.807, 2.05) is 6.92 Å². The molecular weight excluding hydrogens is 412 g/mol. The average Bonchev–Trinajstić information content (AvgIpc) is 2.82. The second-order valence-electron chi connectivity index (χ2n) is 8.09. The van der Waals surface area contributed by atoms with Crippen molar-refractivity contribution < 1.29 is 14.8 Å². The number of aromatic nitrogens is 3. The predicted octanol–water partition coefficient (Wildman–Crippen LogP) is 1.45. The molecule has 3 N–H and O–H groups in total. The van der Waals surface area contributed by atoms with Crippen molar-refractivity contribution >= 4 is 24.2 Å². The fourth-order valence-corrected chi connectivity index (χ4v) is 3.68. The molecule has 1 aliphatic rings. The summed E-state index contributed by atoms with van der Waals surface area (Å²) in [4.78, 5) is 41.5. The fourth-order valence-electron chi connectivity index (χ4n) is 3.68. The first kappa shape index (κ1) is 25.7. The summed E-state index contributed by atoms with van der Waals surface area (Å²) < 4.78 is 0. The number of hydrogen-bond acceptors (Lipinski definition) is 9. The van der Waals surface area contributed by atoms with Gasteiger partial charge in [0.25, 0.3) is 0 Å². The number of rotatable bonds is 14. The first-order valence-electron chi connectivity index (χ1n) is 11.7. The number of nitrogens with one attached hydrogen (secondary N) is 2. The van der Waals surface area contributed by atoms with Gasteiger partial charge >= 0.3 is 0 Å². The fraction of sp³-hybridized carbons (Fsp3) is 0.762. The maximum Gasteiger partial charge on any atom is 0.246 e. The van der Waals surface area contributed by atoms with Crippen molar-refractivity contribution in [3.63, 3.8) is 0 Å². The second-order valence-corrected chi connectivity index (χ2v) is 8.09. The molecule has 1 fully saturated rings. The summed E-state index contributed by atoms with van der Waals surface area (Å²) in [5.41, 5.74) is 5.44. The van der Waals surface area contributed by atoms with E-state index in [2.05, 4.69) is 49.5 Å². The van der Waals surface area contributed by atoms with Gasteiger partial charge in [-0.15, -0.1) is 0 Å². The van der Waals surface area contributed by atoms with E-state index < -0.39 is 5.92 Å². The van der Waals surface area contributed by atoms with Gasteiger partial charge in [0.2, 0.25) is 24.2 Å². The molecule has 1 aromatic heterocycles. The third kappa shape index (κ3) is 8.19. The van der Waals surface area contributed by atoms with Crippen LogP contribution >= 0.6 is 0 Å². The largest absolute Gasteiger partial charge is 0.338 e. The van der Waals surface area contributed by atoms with Crippen LogP contribution in [0.4, 0.5) is 11.9 Å². The topological polar surface area (TPSA) is 127 Å². The molecule has 180 valence electrons. The Kier molecular flexibility index (Phi) is 11.1. The smallest absolute Gasteiger partial charge is 0.246 e. The number of carbonyl (C=O) groups is 2. The molecule has 0 aromatic carbocycles. The molecule has 1 saturated heterocycles. The van der Waals surface area contributed by atoms with E-state index in [1.165, 1.54) is 0 Å². The van der Waals surface area contributed by atoms with Gasteiger partial charge in [-0.3, -0.25) is 30.5 Å². The minimum Gasteiger partial charge on any atom is -0.338 e. The highest BCUT2D eigenvalue weighted by Crippen LogP contribution is 2.15. The maximum atomic E-state index is 12.7. The van der Waals surface area contributed by atoms with Gasteiger partial charge in [-0.05, 0) is 19.4 Å². The van der Waals surface area contributed by atoms with Crippen LogP contribution in [0.3, 0.4) is 0 Å². The summed E-state index contributed by atoms with van der Waals surface area (Å²) in [7, 11) is 0. The Morgan fingerprint density at radius 1 is 1.12 bits per heavy atom. The van der Waals surface area contributed by atoms with Crippen LogP contribution in [0, 0.1) is 5.92 Å². The molecule has 11 heteroatoms. The molecule has 11 nitrogen and oxygen atoms in total. The molecule has 0 saturated carbocycles. The van der Waals surface area contributed by atoms with Crippen molar-refractivity contribution in [2.45, 2.75) is 59.3 Å². The predicted molar refractivity (Wildman–Crippen MR) is 122 cm³/mol. The zero-order valence-corrected chi connectivity index (χ0v) is 19.6. The van der Waals surface area contributed by atoms with Crippen molar-refractivity contribution in [3.8, 4) is 0 Å². The van der Waals surface area contributed by atoms with Gasteiger partial charge in [0.05, 0.1) is 12.5 Å². The van der Waals surface area contributed by atoms with Crippen LogP contribution in [0.25, 0.3) is 0 Å². The van der Waals surface area contributed by atoms with Gasteiger partial charge in [-0.25, -0.2) is 5.06 Å². The van der Waals surface area contributed by atoms with Crippen LogP contribution in [0.15, 0.2) is 0 Å². The molecule has 2 amide bonds. The van der Waals surface area contributed by atoms with E-state index in [0.29, 0.717) is 36.1 Å². The molecule has 2 heterocycles. The summed E-state index contributed by atoms with van der Waals surface area (Å²) in [5, 5.41) is 10.0. The third-order valence-electron chi connectivity index (χ3n) is 5.53. The Hall–Kier alpha value is -2.53. The molecule has 1 aromatic rings. The van der Waals surface area contributed by atoms with Crippen molar-refractivity contribution in [1.82, 2.24) is 30.3 Å². The SMILES string of the molecule is CCCCCC(CN(O)C=O)C(=O)NNc1nc(CC)nc(N2CCN(CCC)CC2)n1. The second kappa shape index (κ2) is 13.8. The lowest BCUT2D eigenvalue weighted by Crippen LogP contribution is -2.47. The molecule has 0 aliphatic carbocycles. The minimum atomic E-state index is -0.539. The molecule has 1 unspecified atom stereocenters. The Morgan fingerprint density at radius 3 is 2.50 bits per heavy atom. The molecule has 2 rings (SSSR count). The number of carbonyl (C=O) groups excluding carboxylic acids is 2. The van der Waals surface area contributed by atoms with E-state index in [-0.39, 0.29) is 18.4 Å². The molecule has 0 radical (unpaired) electrons. The standard InChI is InChI=1S/C21H38N8O3/c1-4-7-8-9-17(15-29(32)16-30)19(31)25-26-20-22-18(6-3)23-21(24-20)28-13-11-27(10-5-2)12-14-28/h16-17,32H,4-15H2,1-3H3,(H,25,31)(H,22,23,24,26). The Labute approximate surface area is 190 Å². The first-order chi connectivity index (χ1) is 15.5. The van der Waals surface area contributed by atoms with Gasteiger partial charge in [0.1, 0.15) is 5.82 Å². The summed E-state index contributed by atoms with van der Waals surface area (Å²) in [5.74, 6) is 0.661. The number of piperazine rings is 1. The molecule has 0 bridgehead atoms. The number of hydrazine groups is 1. The Morgan fingerprint density at radius 2 is 1.88 bits per heavy atom. The van der Waals surface area contributed by atoms with E-state index in [9.17, 15) is 14.8 Å². The van der Waals surface area contributed by atoms with Crippen LogP contribution in [0.2, 0.25) is 0 Å². The zero-order valence-electron chi connectivity index (χ0n) is 19.6. The van der Waals surface area contributed by atoms with Gasteiger partial charge in [-0.2, -0.15) is 15.0 Å². The van der Waals surface area contributed by atoms with Crippen molar-refractivity contribution in [1.29, 1.82) is 0 Å². The summed E-state index contributed by atoms with van der Waals surface area (Å²) in [6.45, 7) is 10.9. The van der Waals surface area contributed by atoms with Crippen molar-refractivity contribution in [3.05, 3.63) is 5.82 Å². The van der Waals surface area contributed by atoms with Gasteiger partial charge in [-0.1, -0.05) is 40.0 Å². The molecule has 32 heavy (non-hydrogen) atoms. The third-order valence-corrected chi connectivity index (χ3v) is 5.53. The summed E-state index contributed by atoms with van der Waals surface area (Å²) in [6.07, 6.45) is 5.49. The van der Waals surface area contributed by atoms with Crippen molar-refractivity contribution in [2.24, 2.45) is 5.92 Å². The van der Waals surface area contributed by atoms with Crippen molar-refractivity contribution in [2.75, 3.05) is 49.6 Å². The van der Waals surface area contributed by atoms with Crippen LogP contribution in [0.5, 0.6) is 0 Å². The number of aryl methyl sites for hydroxylation is 1. The highest BCUT2D eigenvalue weighted by atomic mass is 16.5. The van der Waals surface area contributed by atoms with Gasteiger partial charge in [0, 0.05) is 32.6 Å². The lowest BCUT2D eigenvalue weighted by molar-refractivity contribution is -0.154. The number of nitrogens with zero attached hydrogens (tertiary/aromatic N) is 6. The van der Waals surface area contributed by atoms with E-state index >= 15 is 0 Å². The average molecular weight is 451 g/mol. The van der Waals surface area contributed by atoms with Crippen LogP contribution < -0.4 is 15.8 Å². The Balaban J connectivity index is 2.01. The molecule has 1 atom stereocenters. The molecule has 1 aliphatic heterocycles. The maximum absolute atomic E-state index is 12.7. The highest BCUT2D eigenvalue weighted by molar-refractivity contribution is 5.80. The number of hydrogen-bond donors (Lipinski definition) is 3. The van der Waals surface area contributed by atoms with E-state index in [1.54, 1.807) is 0 Å². The monoisotopic (exact) mass is 450 g/mol. The lowest BCUT2D eigenvalue weighted by Gasteiger charge is -2.34. The summed E-state index contributed by atoms with van der Waals surface area (Å²) in [6, 6.07) is 0. The quantitative estimate of drug-likeness (QED) is 0.167. The van der Waals surface area contributed by atoms with Crippen LogP contribution in [-0.2, 0) is 16.0 Å². The highest BCUT2D eigenvalue weighted by Gasteiger charge is 2.22. The number of anilines is 2. The van der Waals surface area contributed by atoms with Gasteiger partial charge < -0.3 is 4.90 Å². The first-order valence-corrected chi connectivity index (χ1v) is 11.7. The van der Waals surface area contributed by atoms with Crippen LogP contribution in [-0.4, -0.2) is 81.7 Å². The van der Waals surface area contributed by atoms with Crippen LogP contribution in [0.1, 0.15) is 58.7 Å². The van der Waals surface area contributed by atoms with Gasteiger partial charge in [0.15, 0.2) is 0 Å². The minimum absolute atomic E-state index is 0.0641. The Bertz CT molecular complexity index is 712. The summed E-state index contributed by atoms with van der Waals surface area (Å²) >= 11 is 0. The lowest BCUT2D eigenvalue weighted by atomic mass is 10.0. The normalized spacial score (nSPS) is 15.3. The zero-order chi connectivity index (χ0) is 23.3. The van der Waals surface area contributed by atoms with E-state index in [4.69, 9.17) is 0 Å². The van der Waals surface area contributed by atoms with E-state index in [0.717, 1.165) is 58.4 Å². The number of unbranched alkanes of at least 4 members (excludes halogenated alkanes) is 2. The number of amides is 2. The molecular formula is C21H38N8O3.